The lowest BCUT2D eigenvalue weighted by Gasteiger charge is -2.34. The average molecular weight is 339 g/mol. The number of imidazole rings is 1. The summed E-state index contributed by atoms with van der Waals surface area (Å²) in [4.78, 5) is 3.32. The predicted molar refractivity (Wildman–Crippen MR) is 86.0 cm³/mol. The minimum atomic E-state index is 0.401. The van der Waals surface area contributed by atoms with Crippen LogP contribution in [0.25, 0.3) is 11.0 Å². The number of benzene rings is 1. The molecule has 1 aliphatic rings. The molecule has 2 aromatic rings. The highest BCUT2D eigenvalue weighted by atomic mass is 79.9. The van der Waals surface area contributed by atoms with E-state index in [1.165, 1.54) is 37.6 Å². The van der Waals surface area contributed by atoms with Gasteiger partial charge in [0, 0.05) is 11.0 Å². The van der Waals surface area contributed by atoms with Crippen molar-refractivity contribution in [3.63, 3.8) is 0 Å². The summed E-state index contributed by atoms with van der Waals surface area (Å²) in [5.41, 5.74) is 2.75. The zero-order valence-electron chi connectivity index (χ0n) is 11.2. The Hall–Kier alpha value is -0.610. The molecule has 0 spiro atoms. The van der Waals surface area contributed by atoms with E-state index < -0.39 is 0 Å². The van der Waals surface area contributed by atoms with Gasteiger partial charge in [0.15, 0.2) is 4.77 Å². The van der Waals surface area contributed by atoms with Crippen LogP contribution in [0, 0.1) is 10.2 Å². The smallest absolute Gasteiger partial charge is 0.178 e. The van der Waals surface area contributed by atoms with Crippen molar-refractivity contribution in [1.29, 1.82) is 0 Å². The van der Waals surface area contributed by atoms with Crippen LogP contribution in [0.15, 0.2) is 22.7 Å². The lowest BCUT2D eigenvalue weighted by molar-refractivity contribution is 0.184. The number of halogens is 1. The summed E-state index contributed by atoms with van der Waals surface area (Å²) in [5.74, 6) is 0. The monoisotopic (exact) mass is 338 g/mol. The summed E-state index contributed by atoms with van der Waals surface area (Å²) < 4.78 is 4.22. The first kappa shape index (κ1) is 13.4. The normalized spacial score (nSPS) is 18.8. The van der Waals surface area contributed by atoms with Gasteiger partial charge in [-0.25, -0.2) is 0 Å². The molecular weight excluding hydrogens is 320 g/mol. The Balaban J connectivity index is 2.00. The van der Waals surface area contributed by atoms with Crippen molar-refractivity contribution in [1.82, 2.24) is 9.55 Å². The molecule has 0 bridgehead atoms. The Labute approximate surface area is 127 Å². The Morgan fingerprint density at radius 1 is 1.32 bits per heavy atom. The number of nitrogens with one attached hydrogen (secondary N) is 1. The van der Waals surface area contributed by atoms with Gasteiger partial charge in [-0.1, -0.05) is 42.1 Å². The topological polar surface area (TPSA) is 20.7 Å². The van der Waals surface area contributed by atoms with Crippen LogP contribution in [0.2, 0.25) is 0 Å². The third-order valence-electron chi connectivity index (χ3n) is 4.34. The maximum Gasteiger partial charge on any atom is 0.178 e. The molecule has 1 aliphatic carbocycles. The van der Waals surface area contributed by atoms with E-state index in [0.717, 1.165) is 21.3 Å². The maximum atomic E-state index is 5.51. The quantitative estimate of drug-likeness (QED) is 0.724. The summed E-state index contributed by atoms with van der Waals surface area (Å²) in [6.07, 6.45) is 6.74. The van der Waals surface area contributed by atoms with Crippen LogP contribution in [-0.2, 0) is 6.54 Å². The first-order chi connectivity index (χ1) is 9.07. The Kier molecular flexibility index (Phi) is 3.56. The molecule has 19 heavy (non-hydrogen) atoms. The van der Waals surface area contributed by atoms with Crippen LogP contribution < -0.4 is 0 Å². The highest BCUT2D eigenvalue weighted by molar-refractivity contribution is 9.10. The molecule has 2 nitrogen and oxygen atoms in total. The number of hydrogen-bond acceptors (Lipinski definition) is 1. The molecule has 0 unspecified atom stereocenters. The number of aromatic nitrogens is 2. The third kappa shape index (κ3) is 2.65. The zero-order valence-corrected chi connectivity index (χ0v) is 13.6. The fraction of sp³-hybridized carbons (Fsp3) is 0.533. The van der Waals surface area contributed by atoms with Gasteiger partial charge in [0.05, 0.1) is 11.0 Å². The SMILES string of the molecule is CC1(Cn2c(=S)[nH]c3cc(Br)ccc32)CCCCC1. The molecule has 0 aliphatic heterocycles. The van der Waals surface area contributed by atoms with Gasteiger partial charge < -0.3 is 9.55 Å². The van der Waals surface area contributed by atoms with Crippen molar-refractivity contribution < 1.29 is 0 Å². The van der Waals surface area contributed by atoms with Crippen LogP contribution in [0.5, 0.6) is 0 Å². The van der Waals surface area contributed by atoms with E-state index in [1.54, 1.807) is 0 Å². The van der Waals surface area contributed by atoms with Crippen LogP contribution >= 0.6 is 28.1 Å². The molecule has 0 atom stereocenters. The van der Waals surface area contributed by atoms with E-state index in [9.17, 15) is 0 Å². The van der Waals surface area contributed by atoms with Gasteiger partial charge in [-0.15, -0.1) is 0 Å². The van der Waals surface area contributed by atoms with Crippen molar-refractivity contribution >= 4 is 39.2 Å². The van der Waals surface area contributed by atoms with Gasteiger partial charge in [0.1, 0.15) is 0 Å². The molecule has 1 heterocycles. The van der Waals surface area contributed by atoms with E-state index in [1.807, 2.05) is 0 Å². The number of nitrogens with zero attached hydrogens (tertiary/aromatic N) is 1. The van der Waals surface area contributed by atoms with E-state index in [-0.39, 0.29) is 0 Å². The predicted octanol–water partition coefficient (Wildman–Crippen LogP) is 5.43. The number of fused-ring (bicyclic) bond motifs is 1. The van der Waals surface area contributed by atoms with Gasteiger partial charge in [-0.3, -0.25) is 0 Å². The van der Waals surface area contributed by atoms with E-state index in [2.05, 4.69) is 50.6 Å². The second-order valence-corrected chi connectivity index (χ2v) is 7.35. The molecule has 102 valence electrons. The molecule has 1 aromatic carbocycles. The first-order valence-corrected chi connectivity index (χ1v) is 8.16. The maximum absolute atomic E-state index is 5.51. The van der Waals surface area contributed by atoms with E-state index in [0.29, 0.717) is 5.41 Å². The Morgan fingerprint density at radius 2 is 2.05 bits per heavy atom. The fourth-order valence-electron chi connectivity index (χ4n) is 3.24. The molecule has 1 fully saturated rings. The molecule has 0 radical (unpaired) electrons. The van der Waals surface area contributed by atoms with E-state index >= 15 is 0 Å². The molecule has 0 amide bonds. The molecular formula is C15H19BrN2S. The first-order valence-electron chi connectivity index (χ1n) is 6.96. The Bertz CT molecular complexity index is 650. The average Bonchev–Trinajstić information content (AvgIpc) is 2.65. The molecule has 1 aromatic heterocycles. The summed E-state index contributed by atoms with van der Waals surface area (Å²) in [6.45, 7) is 3.44. The van der Waals surface area contributed by atoms with Gasteiger partial charge in [0.2, 0.25) is 0 Å². The molecule has 1 saturated carbocycles. The second kappa shape index (κ2) is 5.06. The van der Waals surface area contributed by atoms with Crippen LogP contribution in [-0.4, -0.2) is 9.55 Å². The molecule has 3 rings (SSSR count). The van der Waals surface area contributed by atoms with Gasteiger partial charge >= 0.3 is 0 Å². The van der Waals surface area contributed by atoms with Crippen molar-refractivity contribution in [3.05, 3.63) is 27.4 Å². The summed E-state index contributed by atoms with van der Waals surface area (Å²) in [7, 11) is 0. The number of aromatic amines is 1. The lowest BCUT2D eigenvalue weighted by atomic mass is 9.75. The van der Waals surface area contributed by atoms with Crippen molar-refractivity contribution in [2.24, 2.45) is 5.41 Å². The van der Waals surface area contributed by atoms with Crippen molar-refractivity contribution in [3.8, 4) is 0 Å². The van der Waals surface area contributed by atoms with Gasteiger partial charge in [-0.05, 0) is 48.7 Å². The summed E-state index contributed by atoms with van der Waals surface area (Å²) in [6, 6.07) is 6.34. The lowest BCUT2D eigenvalue weighted by Crippen LogP contribution is -2.26. The number of H-pyrrole nitrogens is 1. The second-order valence-electron chi connectivity index (χ2n) is 6.05. The highest BCUT2D eigenvalue weighted by Crippen LogP contribution is 2.38. The minimum absolute atomic E-state index is 0.401. The van der Waals surface area contributed by atoms with Crippen LogP contribution in [0.3, 0.4) is 0 Å². The largest absolute Gasteiger partial charge is 0.331 e. The number of rotatable bonds is 2. The fourth-order valence-corrected chi connectivity index (χ4v) is 3.87. The van der Waals surface area contributed by atoms with E-state index in [4.69, 9.17) is 12.2 Å². The standard InChI is InChI=1S/C15H19BrN2S/c1-15(7-3-2-4-8-15)10-18-13-6-5-11(16)9-12(13)17-14(18)19/h5-6,9H,2-4,7-8,10H2,1H3,(H,17,19). The highest BCUT2D eigenvalue weighted by Gasteiger charge is 2.28. The van der Waals surface area contributed by atoms with Crippen molar-refractivity contribution in [2.45, 2.75) is 45.6 Å². The third-order valence-corrected chi connectivity index (χ3v) is 5.15. The molecule has 0 saturated heterocycles. The van der Waals surface area contributed by atoms with Crippen LogP contribution in [0.4, 0.5) is 0 Å². The number of hydrogen-bond donors (Lipinski definition) is 1. The minimum Gasteiger partial charge on any atom is -0.331 e. The Morgan fingerprint density at radius 3 is 2.79 bits per heavy atom. The van der Waals surface area contributed by atoms with Gasteiger partial charge in [-0.2, -0.15) is 0 Å². The zero-order chi connectivity index (χ0) is 13.5. The van der Waals surface area contributed by atoms with Crippen LogP contribution in [0.1, 0.15) is 39.0 Å². The summed E-state index contributed by atoms with van der Waals surface area (Å²) >= 11 is 9.02. The van der Waals surface area contributed by atoms with Gasteiger partial charge in [0.25, 0.3) is 0 Å². The molecule has 1 N–H and O–H groups in total. The summed E-state index contributed by atoms with van der Waals surface area (Å²) in [5, 5.41) is 0. The van der Waals surface area contributed by atoms with Crippen molar-refractivity contribution in [2.75, 3.05) is 0 Å². The molecule has 4 heteroatoms.